The fourth-order valence-electron chi connectivity index (χ4n) is 3.58. The zero-order valence-electron chi connectivity index (χ0n) is 20.7. The standard InChI is InChI=1S/C27H25F3N4O4/c1-3-37-13-14-38-26-32-24(18-7-4-9-20(15-18)27(28,29)30)34(33-26)22-11-6-10-21(17-22)31-25(35)19-8-5-12-23(16-19)36-2/h4-12,15-17H,3,13-14H2,1-2H3,(H,31,35). The van der Waals surface area contributed by atoms with Crippen LogP contribution in [0.1, 0.15) is 22.8 Å². The number of nitrogens with one attached hydrogen (secondary N) is 1. The summed E-state index contributed by atoms with van der Waals surface area (Å²) in [4.78, 5) is 17.1. The van der Waals surface area contributed by atoms with Crippen LogP contribution in [-0.4, -0.2) is 47.6 Å². The molecule has 198 valence electrons. The minimum atomic E-state index is -4.53. The van der Waals surface area contributed by atoms with Crippen LogP contribution in [0.4, 0.5) is 18.9 Å². The van der Waals surface area contributed by atoms with Gasteiger partial charge in [0.15, 0.2) is 5.82 Å². The Morgan fingerprint density at radius 3 is 2.55 bits per heavy atom. The lowest BCUT2D eigenvalue weighted by Crippen LogP contribution is -2.12. The third-order valence-corrected chi connectivity index (χ3v) is 5.38. The van der Waals surface area contributed by atoms with Crippen LogP contribution in [-0.2, 0) is 10.9 Å². The number of hydrogen-bond acceptors (Lipinski definition) is 6. The molecule has 4 rings (SSSR count). The zero-order chi connectivity index (χ0) is 27.1. The molecule has 0 radical (unpaired) electrons. The van der Waals surface area contributed by atoms with E-state index in [0.717, 1.165) is 12.1 Å². The van der Waals surface area contributed by atoms with Gasteiger partial charge < -0.3 is 19.5 Å². The number of nitrogens with zero attached hydrogens (tertiary/aromatic N) is 3. The van der Waals surface area contributed by atoms with Gasteiger partial charge in [-0.15, -0.1) is 5.10 Å². The highest BCUT2D eigenvalue weighted by Crippen LogP contribution is 2.33. The highest BCUT2D eigenvalue weighted by molar-refractivity contribution is 6.04. The second-order valence-corrected chi connectivity index (χ2v) is 7.99. The van der Waals surface area contributed by atoms with Gasteiger partial charge in [-0.2, -0.15) is 18.2 Å². The van der Waals surface area contributed by atoms with E-state index < -0.39 is 11.7 Å². The Kier molecular flexibility index (Phi) is 8.27. The number of carbonyl (C=O) groups is 1. The first kappa shape index (κ1) is 26.7. The van der Waals surface area contributed by atoms with Gasteiger partial charge in [0, 0.05) is 23.4 Å². The zero-order valence-corrected chi connectivity index (χ0v) is 20.7. The van der Waals surface area contributed by atoms with E-state index >= 15 is 0 Å². The molecule has 8 nitrogen and oxygen atoms in total. The van der Waals surface area contributed by atoms with Crippen molar-refractivity contribution in [2.45, 2.75) is 13.1 Å². The number of benzene rings is 3. The number of halogens is 3. The molecule has 4 aromatic rings. The van der Waals surface area contributed by atoms with E-state index in [1.54, 1.807) is 48.5 Å². The third-order valence-electron chi connectivity index (χ3n) is 5.38. The highest BCUT2D eigenvalue weighted by Gasteiger charge is 2.31. The first-order valence-electron chi connectivity index (χ1n) is 11.7. The van der Waals surface area contributed by atoms with Crippen molar-refractivity contribution in [3.63, 3.8) is 0 Å². The summed E-state index contributed by atoms with van der Waals surface area (Å²) in [5.41, 5.74) is 0.665. The molecule has 0 aliphatic carbocycles. The van der Waals surface area contributed by atoms with Crippen LogP contribution in [0, 0.1) is 0 Å². The normalized spacial score (nSPS) is 11.3. The van der Waals surface area contributed by atoms with Crippen molar-refractivity contribution in [2.75, 3.05) is 32.2 Å². The molecule has 0 aliphatic rings. The summed E-state index contributed by atoms with van der Waals surface area (Å²) in [6.45, 7) is 2.82. The molecule has 0 spiro atoms. The first-order valence-corrected chi connectivity index (χ1v) is 11.7. The molecule has 0 fully saturated rings. The van der Waals surface area contributed by atoms with Crippen LogP contribution in [0.15, 0.2) is 72.8 Å². The average molecular weight is 527 g/mol. The molecular formula is C27H25F3N4O4. The van der Waals surface area contributed by atoms with Crippen molar-refractivity contribution < 1.29 is 32.2 Å². The van der Waals surface area contributed by atoms with Crippen molar-refractivity contribution in [2.24, 2.45) is 0 Å². The molecule has 0 saturated heterocycles. The molecule has 0 bridgehead atoms. The maximum Gasteiger partial charge on any atom is 0.416 e. The SMILES string of the molecule is CCOCCOc1nc(-c2cccc(C(F)(F)F)c2)n(-c2cccc(NC(=O)c3cccc(OC)c3)c2)n1. The van der Waals surface area contributed by atoms with Crippen LogP contribution in [0.25, 0.3) is 17.1 Å². The summed E-state index contributed by atoms with van der Waals surface area (Å²) >= 11 is 0. The van der Waals surface area contributed by atoms with Gasteiger partial charge in [0.2, 0.25) is 0 Å². The average Bonchev–Trinajstić information content (AvgIpc) is 3.35. The van der Waals surface area contributed by atoms with Crippen LogP contribution in [0.5, 0.6) is 11.8 Å². The molecule has 0 unspecified atom stereocenters. The smallest absolute Gasteiger partial charge is 0.416 e. The van der Waals surface area contributed by atoms with Gasteiger partial charge in [0.1, 0.15) is 12.4 Å². The van der Waals surface area contributed by atoms with Gasteiger partial charge in [0.25, 0.3) is 5.91 Å². The number of methoxy groups -OCH3 is 1. The number of carbonyl (C=O) groups excluding carboxylic acids is 1. The minimum Gasteiger partial charge on any atom is -0.497 e. The fourth-order valence-corrected chi connectivity index (χ4v) is 3.58. The van der Waals surface area contributed by atoms with Crippen molar-refractivity contribution in [1.29, 1.82) is 0 Å². The summed E-state index contributed by atoms with van der Waals surface area (Å²) in [6.07, 6.45) is -4.53. The molecule has 1 N–H and O–H groups in total. The summed E-state index contributed by atoms with van der Waals surface area (Å²) in [6, 6.07) is 18.1. The summed E-state index contributed by atoms with van der Waals surface area (Å²) in [7, 11) is 1.51. The number of amides is 1. The van der Waals surface area contributed by atoms with Crippen LogP contribution in [0.3, 0.4) is 0 Å². The van der Waals surface area contributed by atoms with Gasteiger partial charge in [-0.05, 0) is 55.5 Å². The van der Waals surface area contributed by atoms with E-state index in [4.69, 9.17) is 14.2 Å². The minimum absolute atomic E-state index is 0.0251. The lowest BCUT2D eigenvalue weighted by atomic mass is 10.1. The van der Waals surface area contributed by atoms with E-state index in [2.05, 4.69) is 15.4 Å². The van der Waals surface area contributed by atoms with Crippen molar-refractivity contribution >= 4 is 11.6 Å². The van der Waals surface area contributed by atoms with Crippen molar-refractivity contribution in [3.05, 3.63) is 83.9 Å². The second-order valence-electron chi connectivity index (χ2n) is 7.99. The number of hydrogen-bond donors (Lipinski definition) is 1. The Labute approximate surface area is 217 Å². The molecule has 0 saturated carbocycles. The molecule has 0 atom stereocenters. The summed E-state index contributed by atoms with van der Waals surface area (Å²) < 4.78 is 57.5. The highest BCUT2D eigenvalue weighted by atomic mass is 19.4. The third kappa shape index (κ3) is 6.48. The lowest BCUT2D eigenvalue weighted by molar-refractivity contribution is -0.137. The predicted octanol–water partition coefficient (Wildman–Crippen LogP) is 5.63. The Morgan fingerprint density at radius 2 is 1.79 bits per heavy atom. The summed E-state index contributed by atoms with van der Waals surface area (Å²) in [5.74, 6) is 0.313. The maximum atomic E-state index is 13.4. The van der Waals surface area contributed by atoms with Gasteiger partial charge in [-0.25, -0.2) is 4.68 Å². The lowest BCUT2D eigenvalue weighted by Gasteiger charge is -2.11. The first-order chi connectivity index (χ1) is 18.3. The molecular weight excluding hydrogens is 501 g/mol. The maximum absolute atomic E-state index is 13.4. The second kappa shape index (κ2) is 11.8. The van der Waals surface area contributed by atoms with E-state index in [1.165, 1.54) is 23.9 Å². The van der Waals surface area contributed by atoms with Gasteiger partial charge in [-0.1, -0.05) is 24.3 Å². The number of anilines is 1. The Morgan fingerprint density at radius 1 is 1.00 bits per heavy atom. The van der Waals surface area contributed by atoms with E-state index in [1.807, 2.05) is 6.92 Å². The number of alkyl halides is 3. The molecule has 0 aliphatic heterocycles. The van der Waals surface area contributed by atoms with Crippen molar-refractivity contribution in [3.8, 4) is 28.8 Å². The molecule has 1 heterocycles. The topological polar surface area (TPSA) is 87.5 Å². The largest absolute Gasteiger partial charge is 0.497 e. The Hall–Kier alpha value is -4.38. The summed E-state index contributed by atoms with van der Waals surface area (Å²) in [5, 5.41) is 7.18. The molecule has 1 aromatic heterocycles. The molecule has 3 aromatic carbocycles. The van der Waals surface area contributed by atoms with Gasteiger partial charge in [0.05, 0.1) is 25.0 Å². The van der Waals surface area contributed by atoms with Gasteiger partial charge >= 0.3 is 12.2 Å². The molecule has 1 amide bonds. The molecule has 38 heavy (non-hydrogen) atoms. The number of rotatable bonds is 10. The molecule has 11 heteroatoms. The number of ether oxygens (including phenoxy) is 3. The van der Waals surface area contributed by atoms with Crippen molar-refractivity contribution in [1.82, 2.24) is 14.8 Å². The predicted molar refractivity (Wildman–Crippen MR) is 135 cm³/mol. The quantitative estimate of drug-likeness (QED) is 0.270. The van der Waals surface area contributed by atoms with Crippen LogP contribution < -0.4 is 14.8 Å². The monoisotopic (exact) mass is 526 g/mol. The van der Waals surface area contributed by atoms with E-state index in [9.17, 15) is 18.0 Å². The Balaban J connectivity index is 1.67. The fraction of sp³-hybridized carbons (Fsp3) is 0.222. The van der Waals surface area contributed by atoms with Gasteiger partial charge in [-0.3, -0.25) is 4.79 Å². The van der Waals surface area contributed by atoms with Crippen LogP contribution in [0.2, 0.25) is 0 Å². The van der Waals surface area contributed by atoms with Crippen LogP contribution >= 0.6 is 0 Å². The Bertz CT molecular complexity index is 1410. The van der Waals surface area contributed by atoms with E-state index in [-0.39, 0.29) is 29.9 Å². The van der Waals surface area contributed by atoms with E-state index in [0.29, 0.717) is 35.9 Å². The number of aromatic nitrogens is 3.